The highest BCUT2D eigenvalue weighted by Crippen LogP contribution is 2.25. The van der Waals surface area contributed by atoms with Crippen LogP contribution in [-0.4, -0.2) is 14.5 Å². The van der Waals surface area contributed by atoms with E-state index in [1.54, 1.807) is 16.7 Å². The standard InChI is InChI=1S/C29H21N5O3/c1-20-19-23(32-31-22-12-15-24(16-13-22)34(36)37)14-17-27(20)33-28(18-11-21-7-3-2-4-8-21)30-26-10-6-5-9-25(26)29(33)35/h2-19H,1H3/b18-11+,32-31?. The number of nitro groups is 1. The van der Waals surface area contributed by atoms with Crippen molar-refractivity contribution in [3.8, 4) is 5.69 Å². The number of rotatable bonds is 6. The van der Waals surface area contributed by atoms with Crippen molar-refractivity contribution in [1.82, 2.24) is 9.55 Å². The maximum atomic E-state index is 13.6. The van der Waals surface area contributed by atoms with Gasteiger partial charge < -0.3 is 0 Å². The van der Waals surface area contributed by atoms with E-state index in [2.05, 4.69) is 10.2 Å². The minimum Gasteiger partial charge on any atom is -0.268 e. The Balaban J connectivity index is 1.54. The van der Waals surface area contributed by atoms with E-state index in [0.717, 1.165) is 11.1 Å². The van der Waals surface area contributed by atoms with E-state index in [9.17, 15) is 14.9 Å². The Bertz CT molecular complexity index is 1720. The van der Waals surface area contributed by atoms with Crippen LogP contribution >= 0.6 is 0 Å². The number of nitrogens with zero attached hydrogens (tertiary/aromatic N) is 5. The SMILES string of the molecule is Cc1cc(N=Nc2ccc([N+](=O)[O-])cc2)ccc1-n1c(/C=C/c2ccccc2)nc2ccccc2c1=O. The Morgan fingerprint density at radius 2 is 1.51 bits per heavy atom. The third-order valence-electron chi connectivity index (χ3n) is 5.79. The molecule has 0 saturated heterocycles. The number of aryl methyl sites for hydroxylation is 1. The van der Waals surface area contributed by atoms with Crippen LogP contribution in [0.15, 0.2) is 112 Å². The number of aromatic nitrogens is 2. The van der Waals surface area contributed by atoms with Crippen LogP contribution in [0.3, 0.4) is 0 Å². The third kappa shape index (κ3) is 5.08. The summed E-state index contributed by atoms with van der Waals surface area (Å²) in [5.41, 5.74) is 4.03. The molecule has 0 aliphatic rings. The van der Waals surface area contributed by atoms with Gasteiger partial charge in [0.25, 0.3) is 11.2 Å². The van der Waals surface area contributed by atoms with Crippen LogP contribution in [0.1, 0.15) is 17.0 Å². The molecule has 0 saturated carbocycles. The zero-order chi connectivity index (χ0) is 25.8. The van der Waals surface area contributed by atoms with Gasteiger partial charge in [0.1, 0.15) is 5.82 Å². The molecule has 37 heavy (non-hydrogen) atoms. The Morgan fingerprint density at radius 1 is 0.838 bits per heavy atom. The number of hydrogen-bond acceptors (Lipinski definition) is 6. The molecule has 1 aromatic heterocycles. The molecule has 0 bridgehead atoms. The lowest BCUT2D eigenvalue weighted by atomic mass is 10.1. The van der Waals surface area contributed by atoms with Crippen LogP contribution in [0, 0.1) is 17.0 Å². The summed E-state index contributed by atoms with van der Waals surface area (Å²) in [5, 5.41) is 19.8. The Hall–Kier alpha value is -5.24. The number of para-hydroxylation sites is 1. The van der Waals surface area contributed by atoms with E-state index in [1.165, 1.54) is 24.3 Å². The van der Waals surface area contributed by atoms with Gasteiger partial charge in [-0.05, 0) is 66.6 Å². The predicted molar refractivity (Wildman–Crippen MR) is 145 cm³/mol. The van der Waals surface area contributed by atoms with Gasteiger partial charge in [0.2, 0.25) is 0 Å². The lowest BCUT2D eigenvalue weighted by molar-refractivity contribution is -0.384. The smallest absolute Gasteiger partial charge is 0.268 e. The number of nitro benzene ring substituents is 1. The highest BCUT2D eigenvalue weighted by atomic mass is 16.6. The summed E-state index contributed by atoms with van der Waals surface area (Å²) >= 11 is 0. The molecular weight excluding hydrogens is 466 g/mol. The predicted octanol–water partition coefficient (Wildman–Crippen LogP) is 7.19. The lowest BCUT2D eigenvalue weighted by Crippen LogP contribution is -2.23. The third-order valence-corrected chi connectivity index (χ3v) is 5.79. The van der Waals surface area contributed by atoms with Crippen LogP contribution in [0.4, 0.5) is 17.1 Å². The second-order valence-corrected chi connectivity index (χ2v) is 8.32. The van der Waals surface area contributed by atoms with Crippen LogP contribution in [0.5, 0.6) is 0 Å². The van der Waals surface area contributed by atoms with Gasteiger partial charge in [-0.3, -0.25) is 19.5 Å². The maximum absolute atomic E-state index is 13.6. The first-order chi connectivity index (χ1) is 18.0. The van der Waals surface area contributed by atoms with Crippen LogP contribution in [0.25, 0.3) is 28.7 Å². The quantitative estimate of drug-likeness (QED) is 0.144. The first-order valence-corrected chi connectivity index (χ1v) is 11.5. The zero-order valence-electron chi connectivity index (χ0n) is 19.9. The fourth-order valence-corrected chi connectivity index (χ4v) is 3.94. The van der Waals surface area contributed by atoms with Gasteiger partial charge in [-0.2, -0.15) is 10.2 Å². The number of azo groups is 1. The van der Waals surface area contributed by atoms with Gasteiger partial charge in [-0.1, -0.05) is 48.5 Å². The highest BCUT2D eigenvalue weighted by molar-refractivity contribution is 5.80. The molecule has 4 aromatic carbocycles. The van der Waals surface area contributed by atoms with E-state index in [1.807, 2.05) is 79.7 Å². The van der Waals surface area contributed by atoms with E-state index in [4.69, 9.17) is 4.98 Å². The molecule has 8 heteroatoms. The molecule has 0 aliphatic carbocycles. The number of hydrogen-bond donors (Lipinski definition) is 0. The summed E-state index contributed by atoms with van der Waals surface area (Å²) in [5.74, 6) is 0.510. The van der Waals surface area contributed by atoms with Gasteiger partial charge >= 0.3 is 0 Å². The highest BCUT2D eigenvalue weighted by Gasteiger charge is 2.13. The van der Waals surface area contributed by atoms with E-state index < -0.39 is 4.92 Å². The summed E-state index contributed by atoms with van der Waals surface area (Å²) in [7, 11) is 0. The first-order valence-electron chi connectivity index (χ1n) is 11.5. The van der Waals surface area contributed by atoms with Gasteiger partial charge in [0.05, 0.1) is 32.9 Å². The fraction of sp³-hybridized carbons (Fsp3) is 0.0345. The average Bonchev–Trinajstić information content (AvgIpc) is 2.92. The van der Waals surface area contributed by atoms with Gasteiger partial charge in [-0.15, -0.1) is 0 Å². The van der Waals surface area contributed by atoms with E-state index in [-0.39, 0.29) is 11.2 Å². The summed E-state index contributed by atoms with van der Waals surface area (Å²) in [6.45, 7) is 1.90. The summed E-state index contributed by atoms with van der Waals surface area (Å²) in [6.07, 6.45) is 3.76. The summed E-state index contributed by atoms with van der Waals surface area (Å²) in [6, 6.07) is 28.4. The number of non-ortho nitro benzene ring substituents is 1. The minimum absolute atomic E-state index is 0.00861. The molecule has 1 heterocycles. The second-order valence-electron chi connectivity index (χ2n) is 8.32. The largest absolute Gasteiger partial charge is 0.269 e. The monoisotopic (exact) mass is 487 g/mol. The van der Waals surface area contributed by atoms with Crippen molar-refractivity contribution in [2.45, 2.75) is 6.92 Å². The van der Waals surface area contributed by atoms with Gasteiger partial charge in [0.15, 0.2) is 0 Å². The Kier molecular flexibility index (Phi) is 6.46. The first kappa shape index (κ1) is 23.5. The zero-order valence-corrected chi connectivity index (χ0v) is 19.9. The van der Waals surface area contributed by atoms with Crippen LogP contribution in [-0.2, 0) is 0 Å². The average molecular weight is 488 g/mol. The van der Waals surface area contributed by atoms with E-state index >= 15 is 0 Å². The van der Waals surface area contributed by atoms with Crippen molar-refractivity contribution >= 4 is 40.1 Å². The number of fused-ring (bicyclic) bond motifs is 1. The molecule has 5 aromatic rings. The molecule has 0 amide bonds. The molecular formula is C29H21N5O3. The fourth-order valence-electron chi connectivity index (χ4n) is 3.94. The Labute approximate surface area is 212 Å². The van der Waals surface area contributed by atoms with Crippen molar-refractivity contribution < 1.29 is 4.92 Å². The van der Waals surface area contributed by atoms with E-state index in [0.29, 0.717) is 33.8 Å². The molecule has 0 radical (unpaired) electrons. The lowest BCUT2D eigenvalue weighted by Gasteiger charge is -2.14. The molecule has 0 atom stereocenters. The molecule has 0 unspecified atom stereocenters. The molecule has 8 nitrogen and oxygen atoms in total. The summed E-state index contributed by atoms with van der Waals surface area (Å²) < 4.78 is 1.61. The van der Waals surface area contributed by atoms with Gasteiger partial charge in [0, 0.05) is 12.1 Å². The molecule has 180 valence electrons. The minimum atomic E-state index is -0.462. The van der Waals surface area contributed by atoms with Crippen molar-refractivity contribution in [1.29, 1.82) is 0 Å². The number of benzene rings is 4. The topological polar surface area (TPSA) is 103 Å². The van der Waals surface area contributed by atoms with Crippen LogP contribution in [0.2, 0.25) is 0 Å². The van der Waals surface area contributed by atoms with Crippen LogP contribution < -0.4 is 5.56 Å². The van der Waals surface area contributed by atoms with Gasteiger partial charge in [-0.25, -0.2) is 4.98 Å². The van der Waals surface area contributed by atoms with Crippen molar-refractivity contribution in [2.24, 2.45) is 10.2 Å². The molecule has 0 spiro atoms. The second kappa shape index (κ2) is 10.2. The molecule has 0 N–H and O–H groups in total. The Morgan fingerprint density at radius 3 is 2.24 bits per heavy atom. The molecule has 5 rings (SSSR count). The van der Waals surface area contributed by atoms with Crippen molar-refractivity contribution in [2.75, 3.05) is 0 Å². The molecule has 0 fully saturated rings. The van der Waals surface area contributed by atoms with Crippen molar-refractivity contribution in [3.05, 3.63) is 134 Å². The summed E-state index contributed by atoms with van der Waals surface area (Å²) in [4.78, 5) is 28.7. The maximum Gasteiger partial charge on any atom is 0.269 e. The van der Waals surface area contributed by atoms with Crippen molar-refractivity contribution in [3.63, 3.8) is 0 Å². The normalized spacial score (nSPS) is 11.5. The molecule has 0 aliphatic heterocycles.